The van der Waals surface area contributed by atoms with Crippen molar-refractivity contribution in [3.63, 3.8) is 0 Å². The fourth-order valence-corrected chi connectivity index (χ4v) is 5.15. The molecule has 0 unspecified atom stereocenters. The van der Waals surface area contributed by atoms with Gasteiger partial charge in [0.15, 0.2) is 0 Å². The molecule has 0 spiro atoms. The molecule has 0 amide bonds. The summed E-state index contributed by atoms with van der Waals surface area (Å²) in [4.78, 5) is 10.0. The van der Waals surface area contributed by atoms with Crippen molar-refractivity contribution >= 4 is 11.3 Å². The van der Waals surface area contributed by atoms with Gasteiger partial charge in [0.1, 0.15) is 0 Å². The standard InChI is InChI=1S/C21H28N2O2S/c1-15-4-3-5-18(22-15)14-24-13-17-10-20-21(11-17)25-9-8-23(20)12-19-7-6-16(2)26-19/h3-7,17,20-21H,8-14H2,1-2H3/t17-,20-,21-/m0/s1. The van der Waals surface area contributed by atoms with Gasteiger partial charge >= 0.3 is 0 Å². The third-order valence-corrected chi connectivity index (χ3v) is 6.44. The number of morpholine rings is 1. The van der Waals surface area contributed by atoms with E-state index in [4.69, 9.17) is 9.47 Å². The van der Waals surface area contributed by atoms with Gasteiger partial charge in [-0.3, -0.25) is 9.88 Å². The number of rotatable bonds is 6. The predicted octanol–water partition coefficient (Wildman–Crippen LogP) is 3.96. The summed E-state index contributed by atoms with van der Waals surface area (Å²) in [6, 6.07) is 11.1. The Morgan fingerprint density at radius 2 is 2.15 bits per heavy atom. The van der Waals surface area contributed by atoms with Gasteiger partial charge in [-0.2, -0.15) is 0 Å². The number of nitrogens with zero attached hydrogens (tertiary/aromatic N) is 2. The maximum atomic E-state index is 6.08. The number of ether oxygens (including phenoxy) is 2. The summed E-state index contributed by atoms with van der Waals surface area (Å²) < 4.78 is 12.1. The molecule has 26 heavy (non-hydrogen) atoms. The zero-order valence-electron chi connectivity index (χ0n) is 15.7. The maximum absolute atomic E-state index is 6.08. The molecule has 1 saturated heterocycles. The largest absolute Gasteiger partial charge is 0.375 e. The highest BCUT2D eigenvalue weighted by Crippen LogP contribution is 2.35. The van der Waals surface area contributed by atoms with Crippen LogP contribution in [-0.2, 0) is 22.6 Å². The molecule has 0 N–H and O–H groups in total. The molecule has 2 aromatic heterocycles. The van der Waals surface area contributed by atoms with Crippen LogP contribution in [0.3, 0.4) is 0 Å². The first kappa shape index (κ1) is 18.1. The van der Waals surface area contributed by atoms with Crippen molar-refractivity contribution in [1.82, 2.24) is 9.88 Å². The fraction of sp³-hybridized carbons (Fsp3) is 0.571. The van der Waals surface area contributed by atoms with Gasteiger partial charge in [-0.05, 0) is 56.9 Å². The summed E-state index contributed by atoms with van der Waals surface area (Å²) in [6.45, 7) is 8.56. The summed E-state index contributed by atoms with van der Waals surface area (Å²) in [6.07, 6.45) is 2.66. The minimum absolute atomic E-state index is 0.371. The highest BCUT2D eigenvalue weighted by atomic mass is 32.1. The lowest BCUT2D eigenvalue weighted by Gasteiger charge is -2.37. The van der Waals surface area contributed by atoms with Crippen molar-refractivity contribution in [2.75, 3.05) is 19.8 Å². The Morgan fingerprint density at radius 3 is 2.96 bits per heavy atom. The van der Waals surface area contributed by atoms with E-state index in [9.17, 15) is 0 Å². The minimum atomic E-state index is 0.371. The first-order valence-corrected chi connectivity index (χ1v) is 10.4. The molecule has 4 nitrogen and oxygen atoms in total. The molecule has 3 atom stereocenters. The van der Waals surface area contributed by atoms with Crippen molar-refractivity contribution in [2.24, 2.45) is 5.92 Å². The Bertz CT molecular complexity index is 732. The smallest absolute Gasteiger partial charge is 0.0888 e. The van der Waals surface area contributed by atoms with Gasteiger partial charge in [0.2, 0.25) is 0 Å². The second-order valence-corrected chi connectivity index (χ2v) is 8.95. The van der Waals surface area contributed by atoms with Crippen LogP contribution in [0.5, 0.6) is 0 Å². The van der Waals surface area contributed by atoms with Crippen molar-refractivity contribution in [3.05, 3.63) is 51.5 Å². The summed E-state index contributed by atoms with van der Waals surface area (Å²) >= 11 is 1.91. The monoisotopic (exact) mass is 372 g/mol. The second kappa shape index (κ2) is 8.17. The topological polar surface area (TPSA) is 34.6 Å². The molecule has 2 fully saturated rings. The lowest BCUT2D eigenvalue weighted by atomic mass is 10.1. The van der Waals surface area contributed by atoms with Crippen LogP contribution in [0.15, 0.2) is 30.3 Å². The number of hydrogen-bond acceptors (Lipinski definition) is 5. The lowest BCUT2D eigenvalue weighted by molar-refractivity contribution is -0.0588. The van der Waals surface area contributed by atoms with Gasteiger partial charge in [0.25, 0.3) is 0 Å². The Kier molecular flexibility index (Phi) is 5.69. The van der Waals surface area contributed by atoms with Gasteiger partial charge in [-0.1, -0.05) is 6.07 Å². The third kappa shape index (κ3) is 4.34. The number of fused-ring (bicyclic) bond motifs is 1. The first-order chi connectivity index (χ1) is 12.7. The van der Waals surface area contributed by atoms with E-state index in [1.807, 2.05) is 36.5 Å². The Balaban J connectivity index is 1.29. The average Bonchev–Trinajstić information content (AvgIpc) is 3.21. The SMILES string of the molecule is Cc1cccc(COC[C@@H]2C[C@@H]3OCCN(Cc4ccc(C)s4)[C@H]3C2)n1. The molecule has 2 aromatic rings. The molecule has 0 radical (unpaired) electrons. The first-order valence-electron chi connectivity index (χ1n) is 9.58. The van der Waals surface area contributed by atoms with E-state index in [0.717, 1.165) is 44.1 Å². The van der Waals surface area contributed by atoms with Crippen molar-refractivity contribution < 1.29 is 9.47 Å². The summed E-state index contributed by atoms with van der Waals surface area (Å²) in [5, 5.41) is 0. The van der Waals surface area contributed by atoms with Crippen LogP contribution < -0.4 is 0 Å². The molecule has 3 heterocycles. The van der Waals surface area contributed by atoms with Crippen LogP contribution in [-0.4, -0.2) is 41.8 Å². The number of aryl methyl sites for hydroxylation is 2. The zero-order valence-corrected chi connectivity index (χ0v) is 16.5. The van der Waals surface area contributed by atoms with E-state index in [1.54, 1.807) is 0 Å². The summed E-state index contributed by atoms with van der Waals surface area (Å²) in [7, 11) is 0. The molecule has 1 saturated carbocycles. The van der Waals surface area contributed by atoms with Gasteiger partial charge in [-0.25, -0.2) is 0 Å². The Hall–Kier alpha value is -1.27. The van der Waals surface area contributed by atoms with Crippen LogP contribution in [0.1, 0.15) is 34.0 Å². The maximum Gasteiger partial charge on any atom is 0.0888 e. The van der Waals surface area contributed by atoms with E-state index >= 15 is 0 Å². The normalized spacial score (nSPS) is 26.2. The average molecular weight is 373 g/mol. The molecule has 5 heteroatoms. The zero-order chi connectivity index (χ0) is 17.9. The molecule has 2 aliphatic rings. The molecule has 0 bridgehead atoms. The van der Waals surface area contributed by atoms with E-state index < -0.39 is 0 Å². The molecular weight excluding hydrogens is 344 g/mol. The van der Waals surface area contributed by atoms with Gasteiger partial charge in [-0.15, -0.1) is 11.3 Å². The van der Waals surface area contributed by atoms with Crippen LogP contribution in [0, 0.1) is 19.8 Å². The molecule has 1 aliphatic heterocycles. The number of aromatic nitrogens is 1. The van der Waals surface area contributed by atoms with Gasteiger partial charge < -0.3 is 9.47 Å². The number of hydrogen-bond donors (Lipinski definition) is 0. The van der Waals surface area contributed by atoms with Crippen LogP contribution in [0.4, 0.5) is 0 Å². The van der Waals surface area contributed by atoms with Crippen LogP contribution in [0.25, 0.3) is 0 Å². The second-order valence-electron chi connectivity index (χ2n) is 7.58. The predicted molar refractivity (Wildman–Crippen MR) is 104 cm³/mol. The number of pyridine rings is 1. The third-order valence-electron chi connectivity index (χ3n) is 5.45. The van der Waals surface area contributed by atoms with Crippen LogP contribution >= 0.6 is 11.3 Å². The molecule has 4 rings (SSSR count). The molecule has 1 aliphatic carbocycles. The highest BCUT2D eigenvalue weighted by Gasteiger charge is 2.41. The molecule has 0 aromatic carbocycles. The van der Waals surface area contributed by atoms with E-state index in [-0.39, 0.29) is 0 Å². The van der Waals surface area contributed by atoms with Crippen molar-refractivity contribution in [3.8, 4) is 0 Å². The Morgan fingerprint density at radius 1 is 1.23 bits per heavy atom. The summed E-state index contributed by atoms with van der Waals surface area (Å²) in [5.41, 5.74) is 2.07. The van der Waals surface area contributed by atoms with E-state index in [2.05, 4.69) is 28.9 Å². The molecular formula is C21H28N2O2S. The van der Waals surface area contributed by atoms with E-state index in [1.165, 1.54) is 16.2 Å². The van der Waals surface area contributed by atoms with Crippen molar-refractivity contribution in [1.29, 1.82) is 0 Å². The van der Waals surface area contributed by atoms with E-state index in [0.29, 0.717) is 24.7 Å². The minimum Gasteiger partial charge on any atom is -0.375 e. The fourth-order valence-electron chi connectivity index (χ4n) is 4.24. The van der Waals surface area contributed by atoms with Gasteiger partial charge in [0.05, 0.1) is 31.6 Å². The highest BCUT2D eigenvalue weighted by molar-refractivity contribution is 7.11. The van der Waals surface area contributed by atoms with Gasteiger partial charge in [0, 0.05) is 34.6 Å². The number of thiophene rings is 1. The van der Waals surface area contributed by atoms with Crippen LogP contribution in [0.2, 0.25) is 0 Å². The van der Waals surface area contributed by atoms with Crippen molar-refractivity contribution in [2.45, 2.75) is 52.0 Å². The quantitative estimate of drug-likeness (QED) is 0.769. The Labute approximate surface area is 160 Å². The lowest BCUT2D eigenvalue weighted by Crippen LogP contribution is -2.47. The molecule has 140 valence electrons. The summed E-state index contributed by atoms with van der Waals surface area (Å²) in [5.74, 6) is 0.584.